The highest BCUT2D eigenvalue weighted by atomic mass is 16.4. The molecule has 3 atom stereocenters. The van der Waals surface area contributed by atoms with E-state index in [0.717, 1.165) is 5.56 Å². The van der Waals surface area contributed by atoms with Crippen molar-refractivity contribution in [2.45, 2.75) is 24.2 Å². The van der Waals surface area contributed by atoms with E-state index in [9.17, 15) is 19.5 Å². The number of carboxylic acids is 1. The summed E-state index contributed by atoms with van der Waals surface area (Å²) in [6.45, 7) is 0.726. The predicted molar refractivity (Wildman–Crippen MR) is 103 cm³/mol. The van der Waals surface area contributed by atoms with Gasteiger partial charge in [0.05, 0.1) is 0 Å². The van der Waals surface area contributed by atoms with Crippen molar-refractivity contribution in [2.75, 3.05) is 13.1 Å². The van der Waals surface area contributed by atoms with Crippen LogP contribution in [-0.2, 0) is 10.2 Å². The zero-order chi connectivity index (χ0) is 19.9. The van der Waals surface area contributed by atoms with Crippen LogP contribution in [-0.4, -0.2) is 40.9 Å². The van der Waals surface area contributed by atoms with Crippen LogP contribution in [0.15, 0.2) is 54.6 Å². The quantitative estimate of drug-likeness (QED) is 0.857. The number of amides is 2. The fourth-order valence-corrected chi connectivity index (χ4v) is 5.02. The number of rotatable bonds is 3. The normalized spacial score (nSPS) is 26.7. The van der Waals surface area contributed by atoms with Crippen LogP contribution in [0.3, 0.4) is 0 Å². The van der Waals surface area contributed by atoms with Gasteiger partial charge in [-0.1, -0.05) is 54.6 Å². The maximum atomic E-state index is 12.7. The summed E-state index contributed by atoms with van der Waals surface area (Å²) in [6, 6.07) is 16.1. The number of urea groups is 1. The summed E-state index contributed by atoms with van der Waals surface area (Å²) < 4.78 is 0. The second kappa shape index (κ2) is 6.78. The second-order valence-electron chi connectivity index (χ2n) is 7.62. The van der Waals surface area contributed by atoms with Crippen molar-refractivity contribution < 1.29 is 19.5 Å². The number of nitrogens with zero attached hydrogens (tertiary/aromatic N) is 1. The van der Waals surface area contributed by atoms with E-state index in [1.165, 1.54) is 0 Å². The van der Waals surface area contributed by atoms with E-state index in [0.29, 0.717) is 30.6 Å². The van der Waals surface area contributed by atoms with Gasteiger partial charge < -0.3 is 15.7 Å². The van der Waals surface area contributed by atoms with Gasteiger partial charge in [-0.2, -0.15) is 0 Å². The summed E-state index contributed by atoms with van der Waals surface area (Å²) in [7, 11) is 0. The van der Waals surface area contributed by atoms with Crippen LogP contribution < -0.4 is 5.73 Å². The molecule has 2 aromatic carbocycles. The summed E-state index contributed by atoms with van der Waals surface area (Å²) in [6.07, 6.45) is 0.419. The number of hydrogen-bond acceptors (Lipinski definition) is 3. The molecular weight excluding hydrogens is 356 g/mol. The molecule has 0 spiro atoms. The van der Waals surface area contributed by atoms with Crippen LogP contribution in [0.2, 0.25) is 0 Å². The molecule has 0 aromatic heterocycles. The van der Waals surface area contributed by atoms with Crippen molar-refractivity contribution >= 4 is 17.8 Å². The van der Waals surface area contributed by atoms with E-state index >= 15 is 0 Å². The molecule has 0 saturated carbocycles. The number of carbonyl (C=O) groups is 3. The molecule has 1 saturated heterocycles. The Balaban J connectivity index is 1.85. The second-order valence-corrected chi connectivity index (χ2v) is 7.62. The topological polar surface area (TPSA) is 101 Å². The molecule has 6 nitrogen and oxygen atoms in total. The first-order valence-electron chi connectivity index (χ1n) is 9.40. The van der Waals surface area contributed by atoms with Crippen molar-refractivity contribution in [1.29, 1.82) is 0 Å². The molecule has 144 valence electrons. The van der Waals surface area contributed by atoms with Gasteiger partial charge in [0, 0.05) is 31.0 Å². The predicted octanol–water partition coefficient (Wildman–Crippen LogP) is 2.78. The lowest BCUT2D eigenvalue weighted by Gasteiger charge is -2.45. The number of ketones is 1. The monoisotopic (exact) mass is 378 g/mol. The molecule has 28 heavy (non-hydrogen) atoms. The van der Waals surface area contributed by atoms with E-state index < -0.39 is 17.4 Å². The summed E-state index contributed by atoms with van der Waals surface area (Å²) in [5.74, 6) is -1.67. The number of aliphatic carboxylic acids is 1. The third-order valence-corrected chi connectivity index (χ3v) is 6.31. The molecule has 4 rings (SSSR count). The third-order valence-electron chi connectivity index (χ3n) is 6.31. The van der Waals surface area contributed by atoms with Crippen LogP contribution in [0, 0.1) is 5.92 Å². The number of primary amides is 1. The molecule has 3 N–H and O–H groups in total. The largest absolute Gasteiger partial charge is 0.481 e. The third kappa shape index (κ3) is 2.68. The number of hydrogen-bond donors (Lipinski definition) is 2. The number of carbonyl (C=O) groups excluding carboxylic acids is 2. The average molecular weight is 378 g/mol. The van der Waals surface area contributed by atoms with Gasteiger partial charge in [0.1, 0.15) is 5.41 Å². The standard InChI is InChI=1S/C22H22N2O4/c23-21(28)24-11-10-18(16(13-24)14-6-2-1-3-7-14)22(20(26)27)12-19(25)15-8-4-5-9-17(15)22/h1-9,16,18H,10-13H2,(H2,23,28)(H,26,27). The van der Waals surface area contributed by atoms with Crippen molar-refractivity contribution in [1.82, 2.24) is 4.90 Å². The lowest BCUT2D eigenvalue weighted by atomic mass is 9.62. The molecular formula is C22H22N2O4. The highest BCUT2D eigenvalue weighted by Gasteiger charge is 2.57. The van der Waals surface area contributed by atoms with Crippen LogP contribution >= 0.6 is 0 Å². The van der Waals surface area contributed by atoms with E-state index in [1.807, 2.05) is 30.3 Å². The fourth-order valence-electron chi connectivity index (χ4n) is 5.02. The minimum atomic E-state index is -1.29. The summed E-state index contributed by atoms with van der Waals surface area (Å²) in [4.78, 5) is 38.7. The number of piperidine rings is 1. The van der Waals surface area contributed by atoms with Crippen molar-refractivity contribution in [3.8, 4) is 0 Å². The molecule has 1 heterocycles. The van der Waals surface area contributed by atoms with E-state index in [-0.39, 0.29) is 24.0 Å². The van der Waals surface area contributed by atoms with Crippen LogP contribution in [0.1, 0.15) is 40.2 Å². The number of carboxylic acid groups (broad SMARTS) is 1. The number of nitrogens with two attached hydrogens (primary N) is 1. The molecule has 3 unspecified atom stereocenters. The molecule has 2 aromatic rings. The Bertz CT molecular complexity index is 943. The summed E-state index contributed by atoms with van der Waals surface area (Å²) in [5, 5.41) is 10.4. The molecule has 0 bridgehead atoms. The maximum Gasteiger partial charge on any atom is 0.314 e. The molecule has 2 aliphatic rings. The molecule has 1 aliphatic heterocycles. The van der Waals surface area contributed by atoms with Gasteiger partial charge in [0.25, 0.3) is 0 Å². The molecule has 2 amide bonds. The fraction of sp³-hybridized carbons (Fsp3) is 0.318. The van der Waals surface area contributed by atoms with Crippen LogP contribution in [0.25, 0.3) is 0 Å². The zero-order valence-electron chi connectivity index (χ0n) is 15.4. The van der Waals surface area contributed by atoms with Gasteiger partial charge >= 0.3 is 12.0 Å². The van der Waals surface area contributed by atoms with E-state index in [4.69, 9.17) is 5.73 Å². The number of benzene rings is 2. The number of Topliss-reactive ketones (excluding diaryl/α,β-unsaturated/α-hetero) is 1. The Morgan fingerprint density at radius 2 is 1.75 bits per heavy atom. The van der Waals surface area contributed by atoms with Crippen molar-refractivity contribution in [3.05, 3.63) is 71.3 Å². The van der Waals surface area contributed by atoms with Gasteiger partial charge in [-0.05, 0) is 23.5 Å². The first-order chi connectivity index (χ1) is 13.4. The Labute approximate surface area is 163 Å². The summed E-state index contributed by atoms with van der Waals surface area (Å²) >= 11 is 0. The summed E-state index contributed by atoms with van der Waals surface area (Å²) in [5.41, 5.74) is 6.26. The molecule has 1 aliphatic carbocycles. The van der Waals surface area contributed by atoms with Gasteiger partial charge in [0.2, 0.25) is 0 Å². The minimum Gasteiger partial charge on any atom is -0.481 e. The van der Waals surface area contributed by atoms with Gasteiger partial charge in [-0.3, -0.25) is 9.59 Å². The number of likely N-dealkylation sites (tertiary alicyclic amines) is 1. The van der Waals surface area contributed by atoms with Gasteiger partial charge in [-0.25, -0.2) is 4.79 Å². The van der Waals surface area contributed by atoms with E-state index in [1.54, 1.807) is 29.2 Å². The Morgan fingerprint density at radius 1 is 1.07 bits per heavy atom. The van der Waals surface area contributed by atoms with Gasteiger partial charge in [-0.15, -0.1) is 0 Å². The number of fused-ring (bicyclic) bond motifs is 1. The lowest BCUT2D eigenvalue weighted by molar-refractivity contribution is -0.147. The molecule has 0 radical (unpaired) electrons. The average Bonchev–Trinajstić information content (AvgIpc) is 3.02. The first kappa shape index (κ1) is 18.2. The molecule has 1 fully saturated rings. The Morgan fingerprint density at radius 3 is 2.43 bits per heavy atom. The first-order valence-corrected chi connectivity index (χ1v) is 9.40. The Kier molecular flexibility index (Phi) is 4.41. The smallest absolute Gasteiger partial charge is 0.314 e. The highest BCUT2D eigenvalue weighted by molar-refractivity contribution is 6.08. The molecule has 6 heteroatoms. The van der Waals surface area contributed by atoms with Crippen LogP contribution in [0.5, 0.6) is 0 Å². The van der Waals surface area contributed by atoms with Crippen LogP contribution in [0.4, 0.5) is 4.79 Å². The lowest BCUT2D eigenvalue weighted by Crippen LogP contribution is -2.53. The van der Waals surface area contributed by atoms with Crippen molar-refractivity contribution in [2.24, 2.45) is 11.7 Å². The van der Waals surface area contributed by atoms with E-state index in [2.05, 4.69) is 0 Å². The zero-order valence-corrected chi connectivity index (χ0v) is 15.4. The van der Waals surface area contributed by atoms with Gasteiger partial charge in [0.15, 0.2) is 5.78 Å². The van der Waals surface area contributed by atoms with Crippen molar-refractivity contribution in [3.63, 3.8) is 0 Å². The maximum absolute atomic E-state index is 12.7. The highest BCUT2D eigenvalue weighted by Crippen LogP contribution is 2.52. The SMILES string of the molecule is NC(=O)N1CCC(C2(C(=O)O)CC(=O)c3ccccc32)C(c2ccccc2)C1. The Hall–Kier alpha value is -3.15. The minimum absolute atomic E-state index is 0.0494.